The maximum absolute atomic E-state index is 11.3. The molecule has 6 nitrogen and oxygen atoms in total. The average Bonchev–Trinajstić information content (AvgIpc) is 3.19. The third kappa shape index (κ3) is 4.65. The second-order valence-corrected chi connectivity index (χ2v) is 8.53. The quantitative estimate of drug-likeness (QED) is 0.308. The molecule has 0 radical (unpaired) electrons. The van der Waals surface area contributed by atoms with Crippen LogP contribution in [-0.4, -0.2) is 29.4 Å². The predicted molar refractivity (Wildman–Crippen MR) is 134 cm³/mol. The Morgan fingerprint density at radius 2 is 1.91 bits per heavy atom. The van der Waals surface area contributed by atoms with Crippen LogP contribution in [0, 0.1) is 25.2 Å². The van der Waals surface area contributed by atoms with Crippen LogP contribution in [0.15, 0.2) is 60.7 Å². The predicted octanol–water partition coefficient (Wildman–Crippen LogP) is 5.06. The first-order valence-corrected chi connectivity index (χ1v) is 11.3. The zero-order valence-electron chi connectivity index (χ0n) is 20.0. The summed E-state index contributed by atoms with van der Waals surface area (Å²) in [5.41, 5.74) is 8.23. The summed E-state index contributed by atoms with van der Waals surface area (Å²) in [4.78, 5) is 13.5. The molecule has 0 saturated heterocycles. The summed E-state index contributed by atoms with van der Waals surface area (Å²) in [6.07, 6.45) is 5.90. The van der Waals surface area contributed by atoms with Crippen LogP contribution in [-0.2, 0) is 22.5 Å². The van der Waals surface area contributed by atoms with Crippen LogP contribution in [0.3, 0.4) is 0 Å². The van der Waals surface area contributed by atoms with Gasteiger partial charge in [0, 0.05) is 19.2 Å². The van der Waals surface area contributed by atoms with Crippen LogP contribution in [0.2, 0.25) is 0 Å². The van der Waals surface area contributed by atoms with E-state index < -0.39 is 0 Å². The maximum Gasteiger partial charge on any atom is 0.330 e. The average molecular weight is 453 g/mol. The molecule has 172 valence electrons. The molecular formula is C28H28N4O2. The molecule has 0 saturated carbocycles. The number of anilines is 1. The topological polar surface area (TPSA) is 71.2 Å². The summed E-state index contributed by atoms with van der Waals surface area (Å²) in [7, 11) is 1.37. The molecule has 1 aliphatic heterocycles. The fraction of sp³-hybridized carbons (Fsp3) is 0.250. The second kappa shape index (κ2) is 9.80. The van der Waals surface area contributed by atoms with Gasteiger partial charge < -0.3 is 9.64 Å². The fourth-order valence-electron chi connectivity index (χ4n) is 4.22. The smallest absolute Gasteiger partial charge is 0.330 e. The van der Waals surface area contributed by atoms with Gasteiger partial charge in [-0.3, -0.25) is 0 Å². The van der Waals surface area contributed by atoms with E-state index in [-0.39, 0.29) is 5.97 Å². The van der Waals surface area contributed by atoms with E-state index >= 15 is 0 Å². The van der Waals surface area contributed by atoms with Crippen molar-refractivity contribution in [1.82, 2.24) is 9.78 Å². The summed E-state index contributed by atoms with van der Waals surface area (Å²) < 4.78 is 6.53. The zero-order valence-corrected chi connectivity index (χ0v) is 20.0. The highest BCUT2D eigenvalue weighted by Crippen LogP contribution is 2.32. The first-order chi connectivity index (χ1) is 16.4. The molecule has 0 N–H and O–H groups in total. The molecule has 3 aromatic rings. The third-order valence-corrected chi connectivity index (χ3v) is 6.18. The molecule has 0 amide bonds. The van der Waals surface area contributed by atoms with Crippen molar-refractivity contribution in [2.45, 2.75) is 33.7 Å². The number of allylic oxidation sites excluding steroid dienone is 3. The highest BCUT2D eigenvalue weighted by Gasteiger charge is 2.25. The van der Waals surface area contributed by atoms with E-state index in [1.165, 1.54) is 29.9 Å². The van der Waals surface area contributed by atoms with Crippen molar-refractivity contribution in [3.05, 3.63) is 94.2 Å². The summed E-state index contributed by atoms with van der Waals surface area (Å²) in [6.45, 7) is 7.49. The minimum atomic E-state index is -0.369. The number of esters is 1. The van der Waals surface area contributed by atoms with Crippen LogP contribution in [0.25, 0.3) is 11.3 Å². The molecule has 0 unspecified atom stereocenters. The molecule has 0 spiro atoms. The van der Waals surface area contributed by atoms with Crippen molar-refractivity contribution in [3.63, 3.8) is 0 Å². The number of carbonyl (C=O) groups excluding carboxylic acids is 1. The normalized spacial score (nSPS) is 13.6. The Kier molecular flexibility index (Phi) is 6.65. The fourth-order valence-corrected chi connectivity index (χ4v) is 4.22. The number of nitriles is 1. The van der Waals surface area contributed by atoms with Gasteiger partial charge in [0.05, 0.1) is 18.5 Å². The number of carbonyl (C=O) groups is 1. The minimum absolute atomic E-state index is 0.369. The number of nitrogens with zero attached hydrogens (tertiary/aromatic N) is 4. The Labute approximate surface area is 200 Å². The molecule has 2 heterocycles. The summed E-state index contributed by atoms with van der Waals surface area (Å²) >= 11 is 0. The van der Waals surface area contributed by atoms with Crippen LogP contribution in [0.1, 0.15) is 40.4 Å². The van der Waals surface area contributed by atoms with Crippen molar-refractivity contribution in [1.29, 1.82) is 5.26 Å². The lowest BCUT2D eigenvalue weighted by molar-refractivity contribution is -0.134. The van der Waals surface area contributed by atoms with E-state index in [1.54, 1.807) is 6.08 Å². The second-order valence-electron chi connectivity index (χ2n) is 8.53. The van der Waals surface area contributed by atoms with Gasteiger partial charge in [-0.15, -0.1) is 0 Å². The van der Waals surface area contributed by atoms with Gasteiger partial charge in [-0.1, -0.05) is 48.0 Å². The first kappa shape index (κ1) is 23.1. The molecule has 4 rings (SSSR count). The van der Waals surface area contributed by atoms with Crippen molar-refractivity contribution in [2.24, 2.45) is 0 Å². The Balaban J connectivity index is 1.63. The summed E-state index contributed by atoms with van der Waals surface area (Å²) in [5, 5.41) is 14.6. The van der Waals surface area contributed by atoms with E-state index in [9.17, 15) is 10.1 Å². The van der Waals surface area contributed by atoms with E-state index in [4.69, 9.17) is 5.10 Å². The molecule has 0 atom stereocenters. The molecule has 0 fully saturated rings. The monoisotopic (exact) mass is 452 g/mol. The van der Waals surface area contributed by atoms with Crippen molar-refractivity contribution >= 4 is 17.4 Å². The van der Waals surface area contributed by atoms with Crippen molar-refractivity contribution < 1.29 is 9.53 Å². The molecule has 1 aromatic heterocycles. The summed E-state index contributed by atoms with van der Waals surface area (Å²) in [5.74, 6) is 0.481. The van der Waals surface area contributed by atoms with Crippen LogP contribution in [0.5, 0.6) is 0 Å². The lowest BCUT2D eigenvalue weighted by atomic mass is 9.94. The molecule has 6 heteroatoms. The Hall–Kier alpha value is -4.11. The van der Waals surface area contributed by atoms with E-state index in [1.807, 2.05) is 36.7 Å². The SMILES string of the molecule is COC(=O)/C=C/C=C(/C)c1ccc2c(c1)CCN(c1c(C#N)c(C)nn1-c1ccc(C)cc1)C2. The van der Waals surface area contributed by atoms with E-state index in [0.29, 0.717) is 12.1 Å². The van der Waals surface area contributed by atoms with Gasteiger partial charge in [0.25, 0.3) is 0 Å². The lowest BCUT2D eigenvalue weighted by Gasteiger charge is -2.31. The first-order valence-electron chi connectivity index (χ1n) is 11.3. The van der Waals surface area contributed by atoms with Crippen molar-refractivity contribution in [3.8, 4) is 11.8 Å². The standard InChI is InChI=1S/C28H28N4O2/c1-19-8-12-25(13-9-19)32-28(26(17-29)21(3)30-32)31-15-14-23-16-22(10-11-24(23)18-31)20(2)6-5-7-27(33)34-4/h5-13,16H,14-15,18H2,1-4H3/b7-5+,20-6-. The Morgan fingerprint density at radius 3 is 2.62 bits per heavy atom. The van der Waals surface area contributed by atoms with E-state index in [2.05, 4.69) is 53.0 Å². The van der Waals surface area contributed by atoms with Crippen LogP contribution >= 0.6 is 0 Å². The number of rotatable bonds is 5. The number of fused-ring (bicyclic) bond motifs is 1. The minimum Gasteiger partial charge on any atom is -0.466 e. The number of methoxy groups -OCH3 is 1. The molecule has 2 aromatic carbocycles. The van der Waals surface area contributed by atoms with Crippen LogP contribution < -0.4 is 4.90 Å². The zero-order chi connectivity index (χ0) is 24.2. The Bertz CT molecular complexity index is 1320. The third-order valence-electron chi connectivity index (χ3n) is 6.18. The van der Waals surface area contributed by atoms with Gasteiger partial charge in [0.15, 0.2) is 5.82 Å². The largest absolute Gasteiger partial charge is 0.466 e. The van der Waals surface area contributed by atoms with Gasteiger partial charge in [-0.2, -0.15) is 10.4 Å². The van der Waals surface area contributed by atoms with Gasteiger partial charge in [0.2, 0.25) is 0 Å². The Morgan fingerprint density at radius 1 is 1.15 bits per heavy atom. The van der Waals surface area contributed by atoms with Crippen molar-refractivity contribution in [2.75, 3.05) is 18.6 Å². The van der Waals surface area contributed by atoms with Gasteiger partial charge in [0.1, 0.15) is 11.6 Å². The van der Waals surface area contributed by atoms with Gasteiger partial charge >= 0.3 is 5.97 Å². The highest BCUT2D eigenvalue weighted by atomic mass is 16.5. The molecule has 0 bridgehead atoms. The lowest BCUT2D eigenvalue weighted by Crippen LogP contribution is -2.32. The molecule has 0 aliphatic carbocycles. The van der Waals surface area contributed by atoms with Crippen LogP contribution in [0.4, 0.5) is 5.82 Å². The molecular weight excluding hydrogens is 424 g/mol. The number of ether oxygens (including phenoxy) is 1. The number of aryl methyl sites for hydroxylation is 2. The summed E-state index contributed by atoms with van der Waals surface area (Å²) in [6, 6.07) is 17.1. The number of benzene rings is 2. The number of aromatic nitrogens is 2. The molecule has 1 aliphatic rings. The van der Waals surface area contributed by atoms with Gasteiger partial charge in [-0.05, 0) is 61.6 Å². The van der Waals surface area contributed by atoms with Gasteiger partial charge in [-0.25, -0.2) is 9.48 Å². The maximum atomic E-state index is 11.3. The molecule has 34 heavy (non-hydrogen) atoms. The van der Waals surface area contributed by atoms with E-state index in [0.717, 1.165) is 41.3 Å². The number of hydrogen-bond acceptors (Lipinski definition) is 5. The highest BCUT2D eigenvalue weighted by molar-refractivity contribution is 5.82. The number of hydrogen-bond donors (Lipinski definition) is 0.